The number of nitrogens with one attached hydrogen (secondary N) is 1. The molecule has 3 heterocycles. The van der Waals surface area contributed by atoms with Crippen molar-refractivity contribution in [3.05, 3.63) is 24.7 Å². The number of rotatable bonds is 2. The second kappa shape index (κ2) is 4.98. The third-order valence-electron chi connectivity index (χ3n) is 4.54. The molecule has 5 nitrogen and oxygen atoms in total. The summed E-state index contributed by atoms with van der Waals surface area (Å²) in [6.45, 7) is 14.7. The van der Waals surface area contributed by atoms with E-state index >= 15 is 0 Å². The van der Waals surface area contributed by atoms with Crippen LogP contribution in [0.25, 0.3) is 5.65 Å². The van der Waals surface area contributed by atoms with Gasteiger partial charge in [0.2, 0.25) is 0 Å². The molecule has 0 radical (unpaired) electrons. The molecule has 2 aromatic rings. The molecule has 1 saturated heterocycles. The van der Waals surface area contributed by atoms with Crippen molar-refractivity contribution < 1.29 is 9.31 Å². The number of nitrogens with zero attached hydrogens (tertiary/aromatic N) is 2. The first-order valence-corrected chi connectivity index (χ1v) is 8.09. The Hall–Kier alpha value is -1.53. The first kappa shape index (κ1) is 16.3. The van der Waals surface area contributed by atoms with Crippen LogP contribution in [0.2, 0.25) is 0 Å². The van der Waals surface area contributed by atoms with Crippen molar-refractivity contribution in [2.45, 2.75) is 65.2 Å². The zero-order valence-corrected chi connectivity index (χ0v) is 15.1. The molecule has 0 aliphatic carbocycles. The number of hydrogen-bond donors (Lipinski definition) is 1. The maximum Gasteiger partial charge on any atom is 0.496 e. The van der Waals surface area contributed by atoms with Gasteiger partial charge in [0.25, 0.3) is 0 Å². The lowest BCUT2D eigenvalue weighted by Crippen LogP contribution is -2.41. The molecule has 124 valence electrons. The standard InChI is InChI=1S/C17H26BN3O2/c1-15(2,3)20-13-10-12(11-21-9-8-19-14(13)21)18-22-16(4,5)17(6,7)23-18/h8-11,20H,1-7H3. The molecule has 6 heteroatoms. The fraction of sp³-hybridized carbons (Fsp3) is 0.588. The monoisotopic (exact) mass is 315 g/mol. The SMILES string of the molecule is CC(C)(C)Nc1cc(B2OC(C)(C)C(C)(C)O2)cn2ccnc12. The lowest BCUT2D eigenvalue weighted by atomic mass is 9.80. The Morgan fingerprint density at radius 3 is 2.30 bits per heavy atom. The van der Waals surface area contributed by atoms with E-state index in [0.29, 0.717) is 0 Å². The summed E-state index contributed by atoms with van der Waals surface area (Å²) in [5.41, 5.74) is 2.12. The molecule has 0 atom stereocenters. The Labute approximate surface area is 138 Å². The molecule has 2 aromatic heterocycles. The minimum Gasteiger partial charge on any atom is -0.399 e. The fourth-order valence-electron chi connectivity index (χ4n) is 2.66. The summed E-state index contributed by atoms with van der Waals surface area (Å²) < 4.78 is 14.4. The van der Waals surface area contributed by atoms with Crippen LogP contribution >= 0.6 is 0 Å². The molecule has 0 spiro atoms. The number of anilines is 1. The van der Waals surface area contributed by atoms with Crippen LogP contribution in [0.4, 0.5) is 5.69 Å². The first-order valence-electron chi connectivity index (χ1n) is 8.09. The van der Waals surface area contributed by atoms with Gasteiger partial charge in [-0.2, -0.15) is 0 Å². The maximum absolute atomic E-state index is 6.18. The molecule has 23 heavy (non-hydrogen) atoms. The van der Waals surface area contributed by atoms with E-state index in [1.807, 2.05) is 16.8 Å². The predicted octanol–water partition coefficient (Wildman–Crippen LogP) is 2.84. The van der Waals surface area contributed by atoms with E-state index < -0.39 is 0 Å². The van der Waals surface area contributed by atoms with Crippen LogP contribution in [0.15, 0.2) is 24.7 Å². The largest absolute Gasteiger partial charge is 0.496 e. The van der Waals surface area contributed by atoms with Crippen molar-refractivity contribution in [1.82, 2.24) is 9.38 Å². The number of hydrogen-bond acceptors (Lipinski definition) is 4. The average Bonchev–Trinajstić information content (AvgIpc) is 2.90. The highest BCUT2D eigenvalue weighted by Crippen LogP contribution is 2.36. The van der Waals surface area contributed by atoms with E-state index in [9.17, 15) is 0 Å². The summed E-state index contributed by atoms with van der Waals surface area (Å²) >= 11 is 0. The van der Waals surface area contributed by atoms with Crippen LogP contribution in [-0.2, 0) is 9.31 Å². The molecule has 1 aliphatic rings. The molecule has 0 aromatic carbocycles. The second-order valence-corrected chi connectivity index (χ2v) is 8.31. The molecule has 1 fully saturated rings. The third kappa shape index (κ3) is 2.97. The molecular weight excluding hydrogens is 289 g/mol. The maximum atomic E-state index is 6.18. The average molecular weight is 315 g/mol. The van der Waals surface area contributed by atoms with Crippen LogP contribution in [0.3, 0.4) is 0 Å². The van der Waals surface area contributed by atoms with Gasteiger partial charge in [-0.05, 0) is 54.5 Å². The summed E-state index contributed by atoms with van der Waals surface area (Å²) in [5, 5.41) is 3.52. The van der Waals surface area contributed by atoms with Crippen molar-refractivity contribution in [3.8, 4) is 0 Å². The highest BCUT2D eigenvalue weighted by atomic mass is 16.7. The van der Waals surface area contributed by atoms with Gasteiger partial charge >= 0.3 is 7.12 Å². The smallest absolute Gasteiger partial charge is 0.399 e. The predicted molar refractivity (Wildman–Crippen MR) is 94.3 cm³/mol. The fourth-order valence-corrected chi connectivity index (χ4v) is 2.66. The summed E-state index contributed by atoms with van der Waals surface area (Å²) in [5.74, 6) is 0. The third-order valence-corrected chi connectivity index (χ3v) is 4.54. The minimum atomic E-state index is -0.382. The molecule has 1 aliphatic heterocycles. The lowest BCUT2D eigenvalue weighted by Gasteiger charge is -2.32. The molecule has 3 rings (SSSR count). The van der Waals surface area contributed by atoms with Crippen LogP contribution in [0.5, 0.6) is 0 Å². The van der Waals surface area contributed by atoms with E-state index in [1.54, 1.807) is 6.20 Å². The van der Waals surface area contributed by atoms with E-state index in [4.69, 9.17) is 9.31 Å². The zero-order chi connectivity index (χ0) is 17.0. The Balaban J connectivity index is 2.03. The molecule has 0 unspecified atom stereocenters. The highest BCUT2D eigenvalue weighted by Gasteiger charge is 2.51. The second-order valence-electron chi connectivity index (χ2n) is 8.31. The Bertz CT molecular complexity index is 715. The van der Waals surface area contributed by atoms with Gasteiger partial charge in [-0.3, -0.25) is 0 Å². The van der Waals surface area contributed by atoms with Crippen LogP contribution in [0.1, 0.15) is 48.5 Å². The van der Waals surface area contributed by atoms with Crippen LogP contribution in [-0.4, -0.2) is 33.2 Å². The van der Waals surface area contributed by atoms with E-state index in [1.165, 1.54) is 0 Å². The van der Waals surface area contributed by atoms with Crippen LogP contribution < -0.4 is 10.8 Å². The van der Waals surface area contributed by atoms with Gasteiger partial charge < -0.3 is 19.0 Å². The molecule has 1 N–H and O–H groups in total. The number of fused-ring (bicyclic) bond motifs is 1. The summed E-state index contributed by atoms with van der Waals surface area (Å²) in [7, 11) is -0.382. The van der Waals surface area contributed by atoms with Gasteiger partial charge in [0.15, 0.2) is 5.65 Å². The van der Waals surface area contributed by atoms with Gasteiger partial charge in [-0.25, -0.2) is 4.98 Å². The van der Waals surface area contributed by atoms with Gasteiger partial charge in [-0.15, -0.1) is 0 Å². The number of pyridine rings is 1. The van der Waals surface area contributed by atoms with E-state index in [-0.39, 0.29) is 23.9 Å². The minimum absolute atomic E-state index is 0.0546. The highest BCUT2D eigenvalue weighted by molar-refractivity contribution is 6.62. The zero-order valence-electron chi connectivity index (χ0n) is 15.1. The Kier molecular flexibility index (Phi) is 3.54. The first-order chi connectivity index (χ1) is 10.5. The normalized spacial score (nSPS) is 20.2. The van der Waals surface area contributed by atoms with Crippen molar-refractivity contribution in [1.29, 1.82) is 0 Å². The van der Waals surface area contributed by atoms with Crippen molar-refractivity contribution >= 4 is 23.9 Å². The summed E-state index contributed by atoms with van der Waals surface area (Å²) in [6.07, 6.45) is 5.77. The van der Waals surface area contributed by atoms with E-state index in [2.05, 4.69) is 64.8 Å². The van der Waals surface area contributed by atoms with Gasteiger partial charge in [-0.1, -0.05) is 0 Å². The summed E-state index contributed by atoms with van der Waals surface area (Å²) in [4.78, 5) is 4.45. The number of aromatic nitrogens is 2. The van der Waals surface area contributed by atoms with Gasteiger partial charge in [0.1, 0.15) is 0 Å². The topological polar surface area (TPSA) is 47.8 Å². The molecule has 0 amide bonds. The molecule has 0 saturated carbocycles. The van der Waals surface area contributed by atoms with Crippen molar-refractivity contribution in [2.75, 3.05) is 5.32 Å². The summed E-state index contributed by atoms with van der Waals surface area (Å²) in [6, 6.07) is 2.08. The molecular formula is C17H26BN3O2. The van der Waals surface area contributed by atoms with Gasteiger partial charge in [0, 0.05) is 29.6 Å². The van der Waals surface area contributed by atoms with Gasteiger partial charge in [0.05, 0.1) is 16.9 Å². The van der Waals surface area contributed by atoms with Crippen molar-refractivity contribution in [3.63, 3.8) is 0 Å². The molecule has 0 bridgehead atoms. The number of imidazole rings is 1. The van der Waals surface area contributed by atoms with Crippen LogP contribution in [0, 0.1) is 0 Å². The van der Waals surface area contributed by atoms with E-state index in [0.717, 1.165) is 16.8 Å². The lowest BCUT2D eigenvalue weighted by molar-refractivity contribution is 0.00578. The quantitative estimate of drug-likeness (QED) is 0.866. The Morgan fingerprint density at radius 2 is 1.74 bits per heavy atom. The van der Waals surface area contributed by atoms with Crippen molar-refractivity contribution in [2.24, 2.45) is 0 Å². The Morgan fingerprint density at radius 1 is 1.13 bits per heavy atom.